The molecule has 2 aromatic rings. The summed E-state index contributed by atoms with van der Waals surface area (Å²) >= 11 is 11.7. The summed E-state index contributed by atoms with van der Waals surface area (Å²) in [7, 11) is 0. The molecule has 0 heterocycles. The fourth-order valence-electron chi connectivity index (χ4n) is 2.10. The van der Waals surface area contributed by atoms with Crippen molar-refractivity contribution in [2.75, 3.05) is 11.8 Å². The number of halogens is 2. The van der Waals surface area contributed by atoms with Crippen molar-refractivity contribution < 1.29 is 19.1 Å². The molecule has 6 heteroatoms. The van der Waals surface area contributed by atoms with E-state index in [1.54, 1.807) is 45.9 Å². The lowest BCUT2D eigenvalue weighted by molar-refractivity contribution is -0.143. The zero-order valence-corrected chi connectivity index (χ0v) is 17.9. The van der Waals surface area contributed by atoms with Crippen LogP contribution >= 0.6 is 23.2 Å². The van der Waals surface area contributed by atoms with Crippen LogP contribution < -0.4 is 9.47 Å². The van der Waals surface area contributed by atoms with Gasteiger partial charge in [0, 0.05) is 17.3 Å². The van der Waals surface area contributed by atoms with E-state index in [1.165, 1.54) is 0 Å². The highest BCUT2D eigenvalue weighted by atomic mass is 35.5. The predicted octanol–water partition coefficient (Wildman–Crippen LogP) is 5.69. The van der Waals surface area contributed by atoms with Crippen LogP contribution in [-0.4, -0.2) is 23.7 Å². The second-order valence-corrected chi connectivity index (χ2v) is 8.37. The molecule has 150 valence electrons. The Labute approximate surface area is 175 Å². The van der Waals surface area contributed by atoms with Crippen molar-refractivity contribution in [3.63, 3.8) is 0 Å². The summed E-state index contributed by atoms with van der Waals surface area (Å²) in [4.78, 5) is 24.8. The van der Waals surface area contributed by atoms with Crippen LogP contribution in [-0.2, 0) is 9.59 Å². The minimum absolute atomic E-state index is 0.135. The third-order valence-electron chi connectivity index (χ3n) is 4.22. The van der Waals surface area contributed by atoms with Gasteiger partial charge in [0.25, 0.3) is 0 Å². The van der Waals surface area contributed by atoms with Gasteiger partial charge in [-0.15, -0.1) is 23.2 Å². The molecule has 2 rings (SSSR count). The molecule has 0 unspecified atom stereocenters. The Morgan fingerprint density at radius 2 is 1.36 bits per heavy atom. The molecule has 0 aliphatic heterocycles. The first kappa shape index (κ1) is 22.3. The van der Waals surface area contributed by atoms with E-state index in [-0.39, 0.29) is 11.8 Å². The largest absolute Gasteiger partial charge is 0.426 e. The number of benzene rings is 2. The number of alkyl halides is 2. The third-order valence-corrected chi connectivity index (χ3v) is 5.56. The number of carbonyl (C=O) groups excluding carboxylic acids is 2. The summed E-state index contributed by atoms with van der Waals surface area (Å²) in [6, 6.07) is 14.3. The zero-order chi connectivity index (χ0) is 20.9. The molecule has 2 aromatic carbocycles. The van der Waals surface area contributed by atoms with Crippen molar-refractivity contribution in [2.45, 2.75) is 27.7 Å². The predicted molar refractivity (Wildman–Crippen MR) is 112 cm³/mol. The van der Waals surface area contributed by atoms with Crippen molar-refractivity contribution in [3.05, 3.63) is 48.5 Å². The molecule has 0 atom stereocenters. The first-order valence-corrected chi connectivity index (χ1v) is 9.93. The monoisotopic (exact) mass is 422 g/mol. The van der Waals surface area contributed by atoms with Gasteiger partial charge >= 0.3 is 11.9 Å². The summed E-state index contributed by atoms with van der Waals surface area (Å²) in [6.07, 6.45) is 0. The van der Waals surface area contributed by atoms with Crippen LogP contribution in [0, 0.1) is 10.8 Å². The van der Waals surface area contributed by atoms with Gasteiger partial charge < -0.3 is 9.47 Å². The summed E-state index contributed by atoms with van der Waals surface area (Å²) in [5.74, 6) is 0.113. The number of ether oxygens (including phenoxy) is 2. The van der Waals surface area contributed by atoms with E-state index >= 15 is 0 Å². The Hall–Kier alpha value is -2.04. The molecule has 0 fully saturated rings. The van der Waals surface area contributed by atoms with Crippen molar-refractivity contribution in [1.29, 1.82) is 0 Å². The first-order valence-electron chi connectivity index (χ1n) is 8.87. The molecule has 0 amide bonds. The van der Waals surface area contributed by atoms with Crippen molar-refractivity contribution in [2.24, 2.45) is 10.8 Å². The van der Waals surface area contributed by atoms with Crippen LogP contribution in [0.2, 0.25) is 0 Å². The molecular weight excluding hydrogens is 399 g/mol. The highest BCUT2D eigenvalue weighted by Gasteiger charge is 2.31. The van der Waals surface area contributed by atoms with Crippen LogP contribution in [0.1, 0.15) is 27.7 Å². The maximum absolute atomic E-state index is 12.5. The highest BCUT2D eigenvalue weighted by molar-refractivity contribution is 6.20. The zero-order valence-electron chi connectivity index (χ0n) is 16.4. The molecule has 28 heavy (non-hydrogen) atoms. The van der Waals surface area contributed by atoms with Crippen LogP contribution in [0.15, 0.2) is 48.5 Å². The Kier molecular flexibility index (Phi) is 7.13. The molecule has 0 spiro atoms. The fraction of sp³-hybridized carbons (Fsp3) is 0.364. The maximum atomic E-state index is 12.5. The number of hydrogen-bond acceptors (Lipinski definition) is 4. The van der Waals surface area contributed by atoms with E-state index in [2.05, 4.69) is 0 Å². The Balaban J connectivity index is 2.41. The van der Waals surface area contributed by atoms with E-state index in [9.17, 15) is 9.59 Å². The van der Waals surface area contributed by atoms with Gasteiger partial charge in [-0.25, -0.2) is 0 Å². The molecule has 0 N–H and O–H groups in total. The van der Waals surface area contributed by atoms with E-state index in [0.717, 1.165) is 5.56 Å². The first-order chi connectivity index (χ1) is 13.1. The van der Waals surface area contributed by atoms with Crippen LogP contribution in [0.4, 0.5) is 0 Å². The minimum atomic E-state index is -0.828. The average molecular weight is 423 g/mol. The molecule has 0 saturated carbocycles. The third kappa shape index (κ3) is 5.27. The van der Waals surface area contributed by atoms with Gasteiger partial charge in [-0.05, 0) is 51.5 Å². The van der Waals surface area contributed by atoms with Gasteiger partial charge in [0.05, 0.1) is 10.8 Å². The number of esters is 2. The Bertz CT molecular complexity index is 845. The second-order valence-electron chi connectivity index (χ2n) is 7.84. The average Bonchev–Trinajstić information content (AvgIpc) is 2.69. The highest BCUT2D eigenvalue weighted by Crippen LogP contribution is 2.35. The van der Waals surface area contributed by atoms with E-state index in [4.69, 9.17) is 32.7 Å². The lowest BCUT2D eigenvalue weighted by Gasteiger charge is -2.21. The van der Waals surface area contributed by atoms with E-state index in [0.29, 0.717) is 17.1 Å². The summed E-state index contributed by atoms with van der Waals surface area (Å²) < 4.78 is 11.1. The van der Waals surface area contributed by atoms with Gasteiger partial charge in [-0.2, -0.15) is 0 Å². The second kappa shape index (κ2) is 8.97. The topological polar surface area (TPSA) is 52.6 Å². The summed E-state index contributed by atoms with van der Waals surface area (Å²) in [5, 5.41) is 0. The van der Waals surface area contributed by atoms with Crippen LogP contribution in [0.5, 0.6) is 11.5 Å². The van der Waals surface area contributed by atoms with Crippen LogP contribution in [0.3, 0.4) is 0 Å². The maximum Gasteiger partial charge on any atom is 0.318 e. The number of carbonyl (C=O) groups is 2. The molecule has 0 aliphatic rings. The summed E-state index contributed by atoms with van der Waals surface area (Å²) in [5.41, 5.74) is -0.188. The normalized spacial score (nSPS) is 11.8. The lowest BCUT2D eigenvalue weighted by atomic mass is 9.96. The van der Waals surface area contributed by atoms with Crippen molar-refractivity contribution in [3.8, 4) is 22.6 Å². The van der Waals surface area contributed by atoms with Gasteiger partial charge in [0.15, 0.2) is 0 Å². The molecule has 0 radical (unpaired) electrons. The Morgan fingerprint density at radius 3 is 1.89 bits per heavy atom. The fourth-order valence-corrected chi connectivity index (χ4v) is 2.32. The quantitative estimate of drug-likeness (QED) is 0.326. The minimum Gasteiger partial charge on any atom is -0.426 e. The number of rotatable bonds is 7. The van der Waals surface area contributed by atoms with Crippen molar-refractivity contribution in [1.82, 2.24) is 0 Å². The van der Waals surface area contributed by atoms with Gasteiger partial charge in [-0.1, -0.05) is 30.3 Å². The van der Waals surface area contributed by atoms with Crippen molar-refractivity contribution >= 4 is 35.1 Å². The SMILES string of the molecule is CC(C)(CCl)C(=O)Oc1ccc(OC(=O)C(C)(C)CCl)c(-c2ccccc2)c1. The van der Waals surface area contributed by atoms with Gasteiger partial charge in [-0.3, -0.25) is 9.59 Å². The van der Waals surface area contributed by atoms with Crippen LogP contribution in [0.25, 0.3) is 11.1 Å². The van der Waals surface area contributed by atoms with E-state index in [1.807, 2.05) is 30.3 Å². The summed E-state index contributed by atoms with van der Waals surface area (Å²) in [6.45, 7) is 6.86. The standard InChI is InChI=1S/C22H24Cl2O4/c1-21(2,13-23)19(25)27-16-10-11-18(28-20(26)22(3,4)14-24)17(12-16)15-8-6-5-7-9-15/h5-12H,13-14H2,1-4H3. The molecule has 4 nitrogen and oxygen atoms in total. The molecule has 0 saturated heterocycles. The van der Waals surface area contributed by atoms with E-state index < -0.39 is 22.8 Å². The molecule has 0 aliphatic carbocycles. The molecular formula is C22H24Cl2O4. The molecule has 0 aromatic heterocycles. The van der Waals surface area contributed by atoms with Gasteiger partial charge in [0.1, 0.15) is 11.5 Å². The lowest BCUT2D eigenvalue weighted by Crippen LogP contribution is -2.31. The molecule has 0 bridgehead atoms. The Morgan fingerprint density at radius 1 is 0.821 bits per heavy atom. The van der Waals surface area contributed by atoms with Gasteiger partial charge in [0.2, 0.25) is 0 Å². The smallest absolute Gasteiger partial charge is 0.318 e. The number of hydrogen-bond donors (Lipinski definition) is 0.